The molecule has 0 radical (unpaired) electrons. The Labute approximate surface area is 196 Å². The molecule has 4 fully saturated rings. The highest BCUT2D eigenvalue weighted by Gasteiger charge is 2.54. The molecule has 2 aromatic carbocycles. The molecule has 5 nitrogen and oxygen atoms in total. The van der Waals surface area contributed by atoms with Crippen LogP contribution in [0.15, 0.2) is 53.6 Å². The van der Waals surface area contributed by atoms with Crippen LogP contribution in [0.4, 0.5) is 8.78 Å². The molecule has 0 N–H and O–H groups in total. The van der Waals surface area contributed by atoms with Crippen molar-refractivity contribution in [1.82, 2.24) is 14.5 Å². The van der Waals surface area contributed by atoms with Crippen molar-refractivity contribution in [3.8, 4) is 0 Å². The zero-order chi connectivity index (χ0) is 23.4. The van der Waals surface area contributed by atoms with Gasteiger partial charge in [-0.3, -0.25) is 14.2 Å². The molecule has 3 aromatic rings. The summed E-state index contributed by atoms with van der Waals surface area (Å²) in [5.41, 5.74) is 0.588. The molecule has 0 unspecified atom stereocenters. The molecule has 7 heteroatoms. The summed E-state index contributed by atoms with van der Waals surface area (Å²) in [4.78, 5) is 33.1. The van der Waals surface area contributed by atoms with Crippen LogP contribution in [-0.4, -0.2) is 25.9 Å². The minimum absolute atomic E-state index is 0.123. The molecule has 1 heterocycles. The molecule has 1 amide bonds. The number of rotatable bonds is 5. The summed E-state index contributed by atoms with van der Waals surface area (Å²) in [6, 6.07) is 10.2. The molecular formula is C27H27F2N3O2. The lowest BCUT2D eigenvalue weighted by molar-refractivity contribution is -0.153. The maximum atomic E-state index is 13.8. The van der Waals surface area contributed by atoms with Crippen LogP contribution in [-0.2, 0) is 17.9 Å². The fraction of sp³-hybridized carbons (Fsp3) is 0.444. The third kappa shape index (κ3) is 3.71. The van der Waals surface area contributed by atoms with Crippen LogP contribution in [0.25, 0.3) is 10.9 Å². The van der Waals surface area contributed by atoms with E-state index < -0.39 is 5.82 Å². The maximum Gasteiger partial charge on any atom is 0.261 e. The van der Waals surface area contributed by atoms with Crippen molar-refractivity contribution in [2.75, 3.05) is 0 Å². The number of hydrogen-bond acceptors (Lipinski definition) is 3. The first-order chi connectivity index (χ1) is 16.4. The van der Waals surface area contributed by atoms with Crippen LogP contribution in [0, 0.1) is 29.4 Å². The summed E-state index contributed by atoms with van der Waals surface area (Å²) in [7, 11) is 0. The van der Waals surface area contributed by atoms with E-state index >= 15 is 0 Å². The molecule has 176 valence electrons. The molecule has 34 heavy (non-hydrogen) atoms. The minimum atomic E-state index is -0.458. The number of nitrogens with zero attached hydrogens (tertiary/aromatic N) is 3. The van der Waals surface area contributed by atoms with Gasteiger partial charge in [-0.1, -0.05) is 12.1 Å². The summed E-state index contributed by atoms with van der Waals surface area (Å²) >= 11 is 0. The largest absolute Gasteiger partial charge is 0.331 e. The predicted octanol–water partition coefficient (Wildman–Crippen LogP) is 4.67. The highest BCUT2D eigenvalue weighted by molar-refractivity contribution is 5.79. The van der Waals surface area contributed by atoms with Gasteiger partial charge in [-0.05, 0) is 86.1 Å². The summed E-state index contributed by atoms with van der Waals surface area (Å²) in [5, 5.41) is 0.289. The van der Waals surface area contributed by atoms with E-state index in [2.05, 4.69) is 4.98 Å². The Morgan fingerprint density at radius 3 is 2.24 bits per heavy atom. The van der Waals surface area contributed by atoms with Crippen LogP contribution in [0.1, 0.15) is 44.1 Å². The second-order valence-electron chi connectivity index (χ2n) is 10.6. The van der Waals surface area contributed by atoms with Crippen LogP contribution in [0.2, 0.25) is 0 Å². The first-order valence-corrected chi connectivity index (χ1v) is 12.1. The fourth-order valence-corrected chi connectivity index (χ4v) is 7.16. The van der Waals surface area contributed by atoms with Crippen molar-refractivity contribution in [2.45, 2.75) is 57.2 Å². The number of aromatic nitrogens is 2. The van der Waals surface area contributed by atoms with E-state index in [0.29, 0.717) is 24.3 Å². The van der Waals surface area contributed by atoms with Crippen molar-refractivity contribution in [3.63, 3.8) is 0 Å². The molecule has 4 aliphatic carbocycles. The second-order valence-corrected chi connectivity index (χ2v) is 10.6. The molecular weight excluding hydrogens is 436 g/mol. The molecule has 0 saturated heterocycles. The Morgan fingerprint density at radius 1 is 0.971 bits per heavy atom. The number of amides is 1. The molecule has 1 aromatic heterocycles. The molecule has 0 aliphatic heterocycles. The fourth-order valence-electron chi connectivity index (χ4n) is 7.16. The van der Waals surface area contributed by atoms with Crippen molar-refractivity contribution in [1.29, 1.82) is 0 Å². The monoisotopic (exact) mass is 463 g/mol. The Morgan fingerprint density at radius 2 is 1.59 bits per heavy atom. The van der Waals surface area contributed by atoms with Crippen molar-refractivity contribution >= 4 is 16.8 Å². The number of carbonyl (C=O) groups excluding carboxylic acids is 1. The Hall–Kier alpha value is -3.09. The zero-order valence-corrected chi connectivity index (χ0v) is 18.9. The van der Waals surface area contributed by atoms with Crippen molar-refractivity contribution in [3.05, 3.63) is 76.3 Å². The van der Waals surface area contributed by atoms with Gasteiger partial charge in [0.25, 0.3) is 5.56 Å². The van der Waals surface area contributed by atoms with Gasteiger partial charge in [0.15, 0.2) is 0 Å². The van der Waals surface area contributed by atoms with Crippen molar-refractivity contribution < 1.29 is 13.6 Å². The SMILES string of the molecule is O=C(Cn1cnc2cc(F)ccc2c1=O)N(Cc1ccc(F)cc1)C12CC3CC(CC(C3)C1)C2. The quantitative estimate of drug-likeness (QED) is 0.553. The second kappa shape index (κ2) is 8.00. The Kier molecular flexibility index (Phi) is 5.04. The number of benzene rings is 2. The Bertz CT molecular complexity index is 1280. The van der Waals surface area contributed by atoms with Crippen LogP contribution < -0.4 is 5.56 Å². The van der Waals surface area contributed by atoms with Gasteiger partial charge in [-0.2, -0.15) is 0 Å². The van der Waals surface area contributed by atoms with E-state index in [4.69, 9.17) is 0 Å². The lowest BCUT2D eigenvalue weighted by Gasteiger charge is -2.60. The summed E-state index contributed by atoms with van der Waals surface area (Å²) < 4.78 is 28.4. The molecule has 4 aliphatic rings. The van der Waals surface area contributed by atoms with E-state index in [-0.39, 0.29) is 40.3 Å². The molecule has 0 atom stereocenters. The van der Waals surface area contributed by atoms with Gasteiger partial charge in [0.2, 0.25) is 5.91 Å². The van der Waals surface area contributed by atoms with E-state index in [1.807, 2.05) is 4.90 Å². The van der Waals surface area contributed by atoms with Crippen LogP contribution in [0.3, 0.4) is 0 Å². The lowest BCUT2D eigenvalue weighted by Crippen LogP contribution is -2.61. The third-order valence-electron chi connectivity index (χ3n) is 8.23. The van der Waals surface area contributed by atoms with Gasteiger partial charge < -0.3 is 4.90 Å². The molecule has 0 spiro atoms. The predicted molar refractivity (Wildman–Crippen MR) is 124 cm³/mol. The maximum absolute atomic E-state index is 13.8. The van der Waals surface area contributed by atoms with Crippen LogP contribution >= 0.6 is 0 Å². The number of carbonyl (C=O) groups is 1. The highest BCUT2D eigenvalue weighted by Crippen LogP contribution is 2.58. The zero-order valence-electron chi connectivity index (χ0n) is 18.9. The van der Waals surface area contributed by atoms with E-state index in [0.717, 1.165) is 24.8 Å². The topological polar surface area (TPSA) is 55.2 Å². The number of fused-ring (bicyclic) bond motifs is 1. The van der Waals surface area contributed by atoms with Gasteiger partial charge in [0.1, 0.15) is 18.2 Å². The normalized spacial score (nSPS) is 27.3. The van der Waals surface area contributed by atoms with Crippen LogP contribution in [0.5, 0.6) is 0 Å². The van der Waals surface area contributed by atoms with Gasteiger partial charge in [0.05, 0.1) is 17.2 Å². The average Bonchev–Trinajstić information content (AvgIpc) is 2.79. The summed E-state index contributed by atoms with van der Waals surface area (Å²) in [5.74, 6) is 1.05. The minimum Gasteiger partial charge on any atom is -0.331 e. The van der Waals surface area contributed by atoms with E-state index in [1.54, 1.807) is 12.1 Å². The molecule has 4 saturated carbocycles. The highest BCUT2D eigenvalue weighted by atomic mass is 19.1. The van der Waals surface area contributed by atoms with Crippen molar-refractivity contribution in [2.24, 2.45) is 17.8 Å². The first-order valence-electron chi connectivity index (χ1n) is 12.1. The van der Waals surface area contributed by atoms with Gasteiger partial charge in [0, 0.05) is 18.2 Å². The van der Waals surface area contributed by atoms with E-state index in [1.165, 1.54) is 60.5 Å². The smallest absolute Gasteiger partial charge is 0.261 e. The first kappa shape index (κ1) is 21.4. The van der Waals surface area contributed by atoms with Gasteiger partial charge >= 0.3 is 0 Å². The number of halogens is 2. The average molecular weight is 464 g/mol. The van der Waals surface area contributed by atoms with E-state index in [9.17, 15) is 18.4 Å². The summed E-state index contributed by atoms with van der Waals surface area (Å²) in [6.45, 7) is 0.272. The standard InChI is InChI=1S/C27H27F2N3O2/c28-21-3-1-17(2-4-21)14-32(27-11-18-7-19(12-27)9-20(8-18)13-27)25(33)15-31-16-30-24-10-22(29)5-6-23(24)26(31)34/h1-6,10,16,18-20H,7-9,11-15H2. The third-order valence-corrected chi connectivity index (χ3v) is 8.23. The molecule has 7 rings (SSSR count). The van der Waals surface area contributed by atoms with Gasteiger partial charge in [-0.25, -0.2) is 13.8 Å². The van der Waals surface area contributed by atoms with Gasteiger partial charge in [-0.15, -0.1) is 0 Å². The molecule has 4 bridgehead atoms. The number of hydrogen-bond donors (Lipinski definition) is 0. The Balaban J connectivity index is 1.35. The summed E-state index contributed by atoms with van der Waals surface area (Å²) in [6.07, 6.45) is 8.08. The lowest BCUT2D eigenvalue weighted by atomic mass is 9.52.